The van der Waals surface area contributed by atoms with Crippen LogP contribution in [0.25, 0.3) is 0 Å². The highest BCUT2D eigenvalue weighted by Gasteiger charge is 2.63. The van der Waals surface area contributed by atoms with Gasteiger partial charge in [-0.15, -0.1) is 0 Å². The maximum Gasteiger partial charge on any atom is 0.434 e. The number of rotatable bonds is 9. The first-order valence-corrected chi connectivity index (χ1v) is 23.5. The predicted molar refractivity (Wildman–Crippen MR) is 247 cm³/mol. The van der Waals surface area contributed by atoms with Gasteiger partial charge in [0.15, 0.2) is 17.4 Å². The van der Waals surface area contributed by atoms with Crippen LogP contribution in [0.2, 0.25) is 0 Å². The number of amides is 1. The number of esters is 2. The van der Waals surface area contributed by atoms with Crippen molar-refractivity contribution in [1.29, 1.82) is 0 Å². The third kappa shape index (κ3) is 12.9. The van der Waals surface area contributed by atoms with Crippen molar-refractivity contribution in [3.63, 3.8) is 0 Å². The molecule has 10 rings (SSSR count). The molecule has 0 radical (unpaired) electrons. The zero-order valence-electron chi connectivity index (χ0n) is 40.6. The van der Waals surface area contributed by atoms with Crippen LogP contribution in [0.15, 0.2) is 91.0 Å². The summed E-state index contributed by atoms with van der Waals surface area (Å²) in [5.41, 5.74) is 12.5. The van der Waals surface area contributed by atoms with E-state index < -0.39 is 71.7 Å². The number of nitrogens with zero attached hydrogens (tertiary/aromatic N) is 1. The number of benzene rings is 3. The highest BCUT2D eigenvalue weighted by Crippen LogP contribution is 2.46. The molecule has 3 aromatic carbocycles. The van der Waals surface area contributed by atoms with E-state index in [0.29, 0.717) is 12.8 Å². The number of aliphatic hydroxyl groups is 2. The van der Waals surface area contributed by atoms with Crippen LogP contribution in [0.1, 0.15) is 87.1 Å². The van der Waals surface area contributed by atoms with Crippen molar-refractivity contribution < 1.29 is 91.9 Å². The maximum atomic E-state index is 12.2. The summed E-state index contributed by atoms with van der Waals surface area (Å²) >= 11 is 0. The standard InChI is InChI=1S/C18H14O8.C16H19NO5.2C8H15NO3/c19-15(20)13(25-17(23)11-7-3-1-4-8-11)14(16(21)22)26-18(24)12-9-5-2-6-10-12;1-16(2)20-13-11-8-12(14(13)21-16)22-17(11)15(18)19-9-10-6-4-3-5-7-10;2*1-8(2)11-6-4(9)3-5(10)7(6)12-8/h1-10,13-14H,(H,19,20)(H,21,22);3-7,11-14H,8-9H2,1-2H3;2*4-7,10H,3,9H2,1-2H3/t13-,14-;11-,12+,13?,14-;4-,5+,6?,7-;4-,5+,6+,7-/m1111/s1. The van der Waals surface area contributed by atoms with Crippen molar-refractivity contribution in [3.8, 4) is 0 Å². The fraction of sp³-hybridized carbons (Fsp3) is 0.540. The number of hydroxylamine groups is 2. The van der Waals surface area contributed by atoms with E-state index in [-0.39, 0.29) is 78.6 Å². The highest BCUT2D eigenvalue weighted by molar-refractivity contribution is 5.95. The first-order valence-electron chi connectivity index (χ1n) is 23.5. The molecule has 22 heteroatoms. The Kier molecular flexibility index (Phi) is 16.7. The molecular weight excluding hydrogens is 947 g/mol. The molecule has 4 aliphatic heterocycles. The van der Waals surface area contributed by atoms with Crippen LogP contribution in [0.5, 0.6) is 0 Å². The van der Waals surface area contributed by atoms with E-state index in [0.717, 1.165) is 12.0 Å². The van der Waals surface area contributed by atoms with E-state index in [4.69, 9.17) is 58.9 Å². The molecule has 4 heterocycles. The molecule has 392 valence electrons. The molecule has 2 unspecified atom stereocenters. The summed E-state index contributed by atoms with van der Waals surface area (Å²) in [4.78, 5) is 64.8. The summed E-state index contributed by atoms with van der Waals surface area (Å²) in [7, 11) is 0. The summed E-state index contributed by atoms with van der Waals surface area (Å²) in [5.74, 6) is -7.44. The molecule has 0 spiro atoms. The number of ether oxygens (including phenoxy) is 9. The van der Waals surface area contributed by atoms with E-state index in [1.165, 1.54) is 53.6 Å². The monoisotopic (exact) mass is 1010 g/mol. The van der Waals surface area contributed by atoms with Crippen LogP contribution >= 0.6 is 0 Å². The van der Waals surface area contributed by atoms with Gasteiger partial charge in [-0.25, -0.2) is 24.0 Å². The summed E-state index contributed by atoms with van der Waals surface area (Å²) in [6, 6.07) is 24.1. The molecule has 14 atom stereocenters. The van der Waals surface area contributed by atoms with Crippen LogP contribution in [0.4, 0.5) is 4.79 Å². The Labute approximate surface area is 415 Å². The van der Waals surface area contributed by atoms with Gasteiger partial charge in [-0.2, -0.15) is 5.06 Å². The minimum absolute atomic E-state index is 0.0253. The molecule has 3 saturated carbocycles. The minimum Gasteiger partial charge on any atom is -0.478 e. The van der Waals surface area contributed by atoms with Gasteiger partial charge in [0.05, 0.1) is 29.4 Å². The van der Waals surface area contributed by atoms with E-state index >= 15 is 0 Å². The Morgan fingerprint density at radius 3 is 1.35 bits per heavy atom. The van der Waals surface area contributed by atoms with E-state index in [1.807, 2.05) is 71.9 Å². The predicted octanol–water partition coefficient (Wildman–Crippen LogP) is 3.04. The fourth-order valence-electron chi connectivity index (χ4n) is 9.41. The Morgan fingerprint density at radius 2 is 0.944 bits per heavy atom. The second-order valence-electron chi connectivity index (χ2n) is 19.5. The van der Waals surface area contributed by atoms with Crippen molar-refractivity contribution in [3.05, 3.63) is 108 Å². The van der Waals surface area contributed by atoms with Crippen molar-refractivity contribution in [1.82, 2.24) is 5.06 Å². The summed E-state index contributed by atoms with van der Waals surface area (Å²) < 4.78 is 48.7. The number of carboxylic acids is 2. The zero-order chi connectivity index (χ0) is 52.3. The van der Waals surface area contributed by atoms with Crippen molar-refractivity contribution in [2.24, 2.45) is 11.5 Å². The molecule has 72 heavy (non-hydrogen) atoms. The van der Waals surface area contributed by atoms with E-state index in [2.05, 4.69) is 0 Å². The third-order valence-corrected chi connectivity index (χ3v) is 12.5. The van der Waals surface area contributed by atoms with Crippen LogP contribution < -0.4 is 11.5 Å². The molecule has 7 aliphatic rings. The van der Waals surface area contributed by atoms with E-state index in [9.17, 15) is 44.4 Å². The summed E-state index contributed by atoms with van der Waals surface area (Å²) in [5, 5.41) is 38.8. The van der Waals surface area contributed by atoms with Gasteiger partial charge in [0.2, 0.25) is 12.2 Å². The van der Waals surface area contributed by atoms with Crippen LogP contribution in [-0.4, -0.2) is 158 Å². The number of aliphatic hydroxyl groups excluding tert-OH is 2. The van der Waals surface area contributed by atoms with Crippen LogP contribution in [0.3, 0.4) is 0 Å². The quantitative estimate of drug-likeness (QED) is 0.133. The van der Waals surface area contributed by atoms with Gasteiger partial charge < -0.3 is 74.5 Å². The van der Waals surface area contributed by atoms with Gasteiger partial charge in [0.25, 0.3) is 0 Å². The normalized spacial score (nSPS) is 32.1. The SMILES string of the molecule is CC1(C)OC2[C@H](N)C[C@H](O)[C@H]2O1.CC1(C)OC2[C@H]3C[C@H](ON3C(=O)OCc3ccccc3)[C@H]2O1.CC1(C)O[C@@H]2[C@H](O1)[C@@H](O)C[C@H]2N.O=C(O[C@@H](C(=O)O)[C@@H](OC(=O)c1ccccc1)C(=O)O)c1ccccc1. The van der Waals surface area contributed by atoms with Gasteiger partial charge >= 0.3 is 30.0 Å². The fourth-order valence-corrected chi connectivity index (χ4v) is 9.41. The molecule has 0 aromatic heterocycles. The number of aliphatic carboxylic acids is 2. The smallest absolute Gasteiger partial charge is 0.434 e. The molecular formula is C50H63N3O19. The van der Waals surface area contributed by atoms with Crippen molar-refractivity contribution in [2.45, 2.75) is 170 Å². The molecule has 1 amide bonds. The number of fused-ring (bicyclic) bond motifs is 7. The number of carboxylic acid groups (broad SMARTS) is 2. The number of carbonyl (C=O) groups is 5. The number of carbonyl (C=O) groups excluding carboxylic acids is 3. The van der Waals surface area contributed by atoms with Gasteiger partial charge in [0, 0.05) is 18.5 Å². The van der Waals surface area contributed by atoms with Crippen molar-refractivity contribution in [2.75, 3.05) is 0 Å². The lowest BCUT2D eigenvalue weighted by Crippen LogP contribution is -2.49. The largest absolute Gasteiger partial charge is 0.478 e. The minimum atomic E-state index is -2.21. The van der Waals surface area contributed by atoms with Crippen LogP contribution in [0, 0.1) is 0 Å². The molecule has 7 fully saturated rings. The van der Waals surface area contributed by atoms with Gasteiger partial charge in [-0.1, -0.05) is 66.7 Å². The summed E-state index contributed by atoms with van der Waals surface area (Å²) in [6.45, 7) is 11.3. The Balaban J connectivity index is 0.000000148. The average Bonchev–Trinajstić information content (AvgIpc) is 4.20. The van der Waals surface area contributed by atoms with Gasteiger partial charge in [0.1, 0.15) is 49.3 Å². The highest BCUT2D eigenvalue weighted by atomic mass is 16.8. The number of hydrogen-bond donors (Lipinski definition) is 6. The first kappa shape index (κ1) is 54.2. The second kappa shape index (κ2) is 22.2. The number of nitrogens with two attached hydrogens (primary N) is 2. The van der Waals surface area contributed by atoms with Crippen molar-refractivity contribution >= 4 is 30.0 Å². The van der Waals surface area contributed by atoms with Gasteiger partial charge in [-0.3, -0.25) is 4.84 Å². The molecule has 3 aromatic rings. The first-order chi connectivity index (χ1) is 33.9. The lowest BCUT2D eigenvalue weighted by atomic mass is 10.1. The van der Waals surface area contributed by atoms with Crippen LogP contribution in [-0.2, 0) is 63.7 Å². The molecule has 8 N–H and O–H groups in total. The zero-order valence-corrected chi connectivity index (χ0v) is 40.6. The topological polar surface area (TPSA) is 314 Å². The third-order valence-electron chi connectivity index (χ3n) is 12.5. The lowest BCUT2D eigenvalue weighted by Gasteiger charge is -2.30. The second-order valence-corrected chi connectivity index (χ2v) is 19.5. The van der Waals surface area contributed by atoms with E-state index in [1.54, 1.807) is 12.1 Å². The Morgan fingerprint density at radius 1 is 0.569 bits per heavy atom. The Bertz CT molecular complexity index is 2210. The molecule has 3 aliphatic carbocycles. The average molecular weight is 1010 g/mol. The number of hydrogen-bond acceptors (Lipinski definition) is 19. The lowest BCUT2D eigenvalue weighted by molar-refractivity contribution is -0.202. The maximum absolute atomic E-state index is 12.2. The van der Waals surface area contributed by atoms with Gasteiger partial charge in [-0.05, 0) is 84.2 Å². The molecule has 2 bridgehead atoms. The molecule has 22 nitrogen and oxygen atoms in total. The molecule has 4 saturated heterocycles. The Hall–Kier alpha value is -5.63. The summed E-state index contributed by atoms with van der Waals surface area (Å²) in [6.07, 6.45) is -5.04.